The summed E-state index contributed by atoms with van der Waals surface area (Å²) in [6.45, 7) is 9.21. The van der Waals surface area contributed by atoms with E-state index in [0.29, 0.717) is 4.68 Å². The Morgan fingerprint density at radius 1 is 0.829 bits per heavy atom. The van der Waals surface area contributed by atoms with Crippen LogP contribution in [0.4, 0.5) is 49.1 Å². The fraction of sp³-hybridized carbons (Fsp3) is 0.762. The van der Waals surface area contributed by atoms with Crippen molar-refractivity contribution in [3.63, 3.8) is 0 Å². The summed E-state index contributed by atoms with van der Waals surface area (Å²) in [5, 5.41) is -3.84. The van der Waals surface area contributed by atoms with E-state index >= 15 is 0 Å². The average molecular weight is 636 g/mol. The second-order valence-electron chi connectivity index (χ2n) is 11.0. The minimum Gasteiger partial charge on any atom is -0.444 e. The minimum atomic E-state index is -7.57. The van der Waals surface area contributed by atoms with Crippen molar-refractivity contribution in [3.05, 3.63) is 11.3 Å². The van der Waals surface area contributed by atoms with E-state index in [1.165, 1.54) is 48.5 Å². The van der Waals surface area contributed by atoms with Crippen molar-refractivity contribution < 1.29 is 71.2 Å². The van der Waals surface area contributed by atoms with Gasteiger partial charge in [-0.3, -0.25) is 0 Å². The smallest absolute Gasteiger partial charge is 0.444 e. The van der Waals surface area contributed by atoms with Gasteiger partial charge in [-0.05, 0) is 48.5 Å². The highest BCUT2D eigenvalue weighted by Crippen LogP contribution is 2.55. The lowest BCUT2D eigenvalue weighted by Gasteiger charge is -2.35. The summed E-state index contributed by atoms with van der Waals surface area (Å²) < 4.78 is 159. The molecule has 0 bridgehead atoms. The molecule has 41 heavy (non-hydrogen) atoms. The molecule has 236 valence electrons. The van der Waals surface area contributed by atoms with Crippen molar-refractivity contribution in [3.8, 4) is 5.88 Å². The van der Waals surface area contributed by atoms with Gasteiger partial charge in [0.05, 0.1) is 17.8 Å². The van der Waals surface area contributed by atoms with Gasteiger partial charge in [0.1, 0.15) is 11.2 Å². The number of halogens is 9. The van der Waals surface area contributed by atoms with Gasteiger partial charge in [0.25, 0.3) is 5.88 Å². The second-order valence-corrected chi connectivity index (χ2v) is 12.6. The molecule has 0 spiro atoms. The quantitative estimate of drug-likeness (QED) is 0.309. The summed E-state index contributed by atoms with van der Waals surface area (Å²) in [4.78, 5) is 26.3. The Balaban J connectivity index is 2.67. The van der Waals surface area contributed by atoms with Gasteiger partial charge in [-0.1, -0.05) is 0 Å². The van der Waals surface area contributed by atoms with Crippen LogP contribution >= 0.6 is 0 Å². The lowest BCUT2D eigenvalue weighted by Crippen LogP contribution is -2.63. The van der Waals surface area contributed by atoms with Crippen LogP contribution in [-0.4, -0.2) is 75.8 Å². The molecule has 1 atom stereocenters. The Morgan fingerprint density at radius 3 is 1.73 bits per heavy atom. The van der Waals surface area contributed by atoms with E-state index in [9.17, 15) is 57.5 Å². The number of hydrogen-bond donors (Lipinski definition) is 0. The Bertz CT molecular complexity index is 1300. The molecule has 0 aromatic carbocycles. The zero-order valence-electron chi connectivity index (χ0n) is 22.5. The number of fused-ring (bicyclic) bond motifs is 1. The molecule has 1 aliphatic rings. The van der Waals surface area contributed by atoms with Crippen molar-refractivity contribution in [2.24, 2.45) is 0 Å². The number of amides is 1. The number of ether oxygens (including phenoxy) is 2. The zero-order valence-corrected chi connectivity index (χ0v) is 23.3. The monoisotopic (exact) mass is 635 g/mol. The van der Waals surface area contributed by atoms with Crippen LogP contribution in [0, 0.1) is 0 Å². The zero-order chi connectivity index (χ0) is 32.4. The summed E-state index contributed by atoms with van der Waals surface area (Å²) in [7, 11) is -7.40. The molecule has 1 amide bonds. The minimum absolute atomic E-state index is 0.301. The Morgan fingerprint density at radius 2 is 1.29 bits per heavy atom. The third-order valence-electron chi connectivity index (χ3n) is 5.22. The van der Waals surface area contributed by atoms with E-state index < -0.39 is 80.8 Å². The van der Waals surface area contributed by atoms with Crippen LogP contribution in [0.1, 0.15) is 59.7 Å². The molecule has 0 fully saturated rings. The molecule has 1 aromatic heterocycles. The first-order valence-electron chi connectivity index (χ1n) is 11.4. The molecule has 10 nitrogen and oxygen atoms in total. The first kappa shape index (κ1) is 34.3. The number of alkyl halides is 9. The number of hydrogen-bond acceptors (Lipinski definition) is 8. The van der Waals surface area contributed by atoms with E-state index in [1.54, 1.807) is 0 Å². The molecule has 1 aliphatic heterocycles. The topological polar surface area (TPSA) is 117 Å². The maximum absolute atomic E-state index is 14.3. The highest BCUT2D eigenvalue weighted by molar-refractivity contribution is 7.88. The number of carbonyl (C=O) groups is 2. The molecule has 0 radical (unpaired) electrons. The highest BCUT2D eigenvalue weighted by atomic mass is 32.2. The fourth-order valence-corrected chi connectivity index (χ4v) is 4.20. The van der Waals surface area contributed by atoms with E-state index in [4.69, 9.17) is 9.47 Å². The first-order chi connectivity index (χ1) is 18.0. The van der Waals surface area contributed by atoms with Crippen molar-refractivity contribution in [2.45, 2.75) is 102 Å². The van der Waals surface area contributed by atoms with E-state index in [-0.39, 0.29) is 12.1 Å². The molecule has 1 aromatic rings. The number of rotatable bonds is 5. The predicted molar refractivity (Wildman–Crippen MR) is 119 cm³/mol. The maximum atomic E-state index is 14.3. The summed E-state index contributed by atoms with van der Waals surface area (Å²) in [5.41, 5.74) is -3.28. The standard InChI is InChI=1S/C21H26F9N3O7S/c1-10-8-12-11(9-32(10)14(34)38-16(2,3)4)13(31-33(12)15(35)39-17(5,6)7)40-41(36,37)21(29,30)19(24,25)18(22,23)20(26,27)28/h10H,8-9H2,1-7H3. The van der Waals surface area contributed by atoms with Gasteiger partial charge >= 0.3 is 45.6 Å². The predicted octanol–water partition coefficient (Wildman–Crippen LogP) is 5.48. The van der Waals surface area contributed by atoms with Crippen molar-refractivity contribution in [1.29, 1.82) is 0 Å². The molecule has 0 saturated carbocycles. The van der Waals surface area contributed by atoms with Crippen LogP contribution in [0.2, 0.25) is 0 Å². The summed E-state index contributed by atoms with van der Waals surface area (Å²) in [5.74, 6) is -16.7. The number of aromatic nitrogens is 2. The molecular formula is C21H26F9N3O7S. The van der Waals surface area contributed by atoms with Gasteiger partial charge in [-0.15, -0.1) is 5.10 Å². The highest BCUT2D eigenvalue weighted by Gasteiger charge is 2.86. The van der Waals surface area contributed by atoms with Crippen molar-refractivity contribution in [1.82, 2.24) is 14.7 Å². The normalized spacial score (nSPS) is 17.7. The van der Waals surface area contributed by atoms with Crippen LogP contribution in [0.15, 0.2) is 0 Å². The second kappa shape index (κ2) is 10.1. The summed E-state index contributed by atoms with van der Waals surface area (Å²) >= 11 is 0. The molecular weight excluding hydrogens is 609 g/mol. The number of nitrogens with zero attached hydrogens (tertiary/aromatic N) is 3. The largest absolute Gasteiger partial charge is 0.460 e. The van der Waals surface area contributed by atoms with Gasteiger partial charge in [-0.2, -0.15) is 52.6 Å². The van der Waals surface area contributed by atoms with Crippen LogP contribution in [0.5, 0.6) is 5.88 Å². The lowest BCUT2D eigenvalue weighted by molar-refractivity contribution is -0.382. The molecule has 0 aliphatic carbocycles. The average Bonchev–Trinajstić information content (AvgIpc) is 3.06. The fourth-order valence-electron chi connectivity index (χ4n) is 3.31. The lowest BCUT2D eigenvalue weighted by atomic mass is 10.0. The van der Waals surface area contributed by atoms with E-state index in [2.05, 4.69) is 9.28 Å². The third kappa shape index (κ3) is 6.45. The van der Waals surface area contributed by atoms with Crippen LogP contribution in [0.25, 0.3) is 0 Å². The van der Waals surface area contributed by atoms with Gasteiger partial charge in [0.2, 0.25) is 0 Å². The molecule has 0 saturated heterocycles. The van der Waals surface area contributed by atoms with Gasteiger partial charge in [0.15, 0.2) is 0 Å². The van der Waals surface area contributed by atoms with E-state index in [1.807, 2.05) is 0 Å². The Hall–Kier alpha value is -2.93. The van der Waals surface area contributed by atoms with Crippen LogP contribution in [-0.2, 0) is 32.6 Å². The molecule has 0 N–H and O–H groups in total. The molecule has 2 rings (SSSR count). The summed E-state index contributed by atoms with van der Waals surface area (Å²) in [6, 6.07) is -0.851. The first-order valence-corrected chi connectivity index (χ1v) is 12.9. The van der Waals surface area contributed by atoms with Gasteiger partial charge in [0, 0.05) is 12.5 Å². The molecule has 20 heteroatoms. The van der Waals surface area contributed by atoms with Crippen LogP contribution in [0.3, 0.4) is 0 Å². The Kier molecular flexibility index (Phi) is 8.45. The van der Waals surface area contributed by atoms with Crippen LogP contribution < -0.4 is 4.18 Å². The number of carbonyl (C=O) groups excluding carboxylic acids is 2. The van der Waals surface area contributed by atoms with Crippen molar-refractivity contribution in [2.75, 3.05) is 0 Å². The third-order valence-corrected chi connectivity index (χ3v) is 6.48. The van der Waals surface area contributed by atoms with E-state index in [0.717, 1.165) is 4.90 Å². The van der Waals surface area contributed by atoms with Gasteiger partial charge in [-0.25, -0.2) is 9.59 Å². The maximum Gasteiger partial charge on any atom is 0.460 e. The Labute approximate surface area is 227 Å². The molecule has 1 unspecified atom stereocenters. The van der Waals surface area contributed by atoms with Crippen molar-refractivity contribution >= 4 is 22.3 Å². The van der Waals surface area contributed by atoms with Gasteiger partial charge < -0.3 is 18.6 Å². The SMILES string of the molecule is CC1Cc2c(c(OS(=O)(=O)C(F)(F)C(F)(F)C(F)(F)C(F)(F)F)nn2C(=O)OC(C)(C)C)CN1C(=O)OC(C)(C)C. The summed E-state index contributed by atoms with van der Waals surface area (Å²) in [6.07, 6.45) is -10.1. The molecule has 2 heterocycles.